The third-order valence-corrected chi connectivity index (χ3v) is 8.34. The minimum Gasteiger partial charge on any atom is -0.273 e. The van der Waals surface area contributed by atoms with Crippen LogP contribution in [0.25, 0.3) is 5.69 Å². The summed E-state index contributed by atoms with van der Waals surface area (Å²) in [4.78, 5) is 10.8. The van der Waals surface area contributed by atoms with Gasteiger partial charge in [-0.15, -0.1) is 10.2 Å². The highest BCUT2D eigenvalue weighted by Gasteiger charge is 2.21. The highest BCUT2D eigenvalue weighted by molar-refractivity contribution is 7.98. The van der Waals surface area contributed by atoms with E-state index >= 15 is 0 Å². The van der Waals surface area contributed by atoms with Gasteiger partial charge in [-0.2, -0.15) is 0 Å². The molecule has 0 aliphatic heterocycles. The molecule has 0 aliphatic rings. The normalized spacial score (nSPS) is 12.0. The smallest absolute Gasteiger partial charge is 0.269 e. The van der Waals surface area contributed by atoms with Gasteiger partial charge in [-0.25, -0.2) is 13.1 Å². The second-order valence-corrected chi connectivity index (χ2v) is 12.6. The number of benzene rings is 3. The number of aryl methyl sites for hydroxylation is 1. The van der Waals surface area contributed by atoms with Crippen molar-refractivity contribution in [3.8, 4) is 5.69 Å². The number of rotatable bonds is 9. The average Bonchev–Trinajstić information content (AvgIpc) is 3.29. The minimum atomic E-state index is -3.82. The van der Waals surface area contributed by atoms with E-state index in [0.29, 0.717) is 22.4 Å². The summed E-state index contributed by atoms with van der Waals surface area (Å²) in [7, 11) is -3.82. The molecule has 1 heterocycles. The standard InChI is InChI=1S/C27H29N5O4S2/c1-19-6-5-7-20(16-19)18-37-26-30-29-25(31(26)22-10-12-23(13-11-22)32(33)34)17-28-38(35,36)24-14-8-21(9-15-24)27(2,3)4/h5-16,28H,17-18H2,1-4H3. The van der Waals surface area contributed by atoms with Crippen molar-refractivity contribution in [3.63, 3.8) is 0 Å². The first kappa shape index (κ1) is 27.5. The van der Waals surface area contributed by atoms with E-state index in [0.717, 1.165) is 16.7 Å². The Morgan fingerprint density at radius 1 is 1.00 bits per heavy atom. The lowest BCUT2D eigenvalue weighted by Gasteiger charge is -2.19. The zero-order valence-corrected chi connectivity index (χ0v) is 23.2. The van der Waals surface area contributed by atoms with Crippen LogP contribution in [0, 0.1) is 17.0 Å². The maximum atomic E-state index is 13.0. The molecule has 0 unspecified atom stereocenters. The van der Waals surface area contributed by atoms with Gasteiger partial charge in [-0.1, -0.05) is 74.5 Å². The lowest BCUT2D eigenvalue weighted by Crippen LogP contribution is -2.25. The fourth-order valence-electron chi connectivity index (χ4n) is 3.82. The first-order chi connectivity index (χ1) is 17.9. The van der Waals surface area contributed by atoms with Crippen molar-refractivity contribution in [1.82, 2.24) is 19.5 Å². The Labute approximate surface area is 226 Å². The topological polar surface area (TPSA) is 120 Å². The van der Waals surface area contributed by atoms with Crippen molar-refractivity contribution < 1.29 is 13.3 Å². The molecule has 0 radical (unpaired) electrons. The van der Waals surface area contributed by atoms with Crippen LogP contribution in [0.5, 0.6) is 0 Å². The molecule has 1 N–H and O–H groups in total. The largest absolute Gasteiger partial charge is 0.273 e. The molecule has 11 heteroatoms. The predicted octanol–water partition coefficient (Wildman–Crippen LogP) is 5.55. The number of nitro groups is 1. The van der Waals surface area contributed by atoms with Gasteiger partial charge in [-0.3, -0.25) is 14.7 Å². The number of hydrogen-bond donors (Lipinski definition) is 1. The van der Waals surface area contributed by atoms with Gasteiger partial charge in [0, 0.05) is 23.6 Å². The fourth-order valence-corrected chi connectivity index (χ4v) is 5.71. The molecule has 0 saturated heterocycles. The lowest BCUT2D eigenvalue weighted by molar-refractivity contribution is -0.384. The third-order valence-electron chi connectivity index (χ3n) is 5.92. The van der Waals surface area contributed by atoms with Gasteiger partial charge in [0.2, 0.25) is 10.0 Å². The summed E-state index contributed by atoms with van der Waals surface area (Å²) in [5, 5.41) is 20.2. The van der Waals surface area contributed by atoms with Crippen LogP contribution in [0.15, 0.2) is 82.8 Å². The summed E-state index contributed by atoms with van der Waals surface area (Å²) in [6, 6.07) is 20.9. The molecule has 0 bridgehead atoms. The third kappa shape index (κ3) is 6.47. The number of nitro benzene ring substituents is 1. The van der Waals surface area contributed by atoms with Crippen LogP contribution in [0.2, 0.25) is 0 Å². The van der Waals surface area contributed by atoms with Gasteiger partial charge in [0.05, 0.1) is 16.4 Å². The molecule has 0 spiro atoms. The summed E-state index contributed by atoms with van der Waals surface area (Å²) in [5.41, 5.74) is 3.74. The zero-order valence-electron chi connectivity index (χ0n) is 21.6. The quantitative estimate of drug-likeness (QED) is 0.164. The molecule has 4 aromatic rings. The molecule has 4 rings (SSSR count). The molecule has 0 aliphatic carbocycles. The molecular formula is C27H29N5O4S2. The summed E-state index contributed by atoms with van der Waals surface area (Å²) in [6.07, 6.45) is 0. The van der Waals surface area contributed by atoms with Gasteiger partial charge >= 0.3 is 0 Å². The Morgan fingerprint density at radius 2 is 1.68 bits per heavy atom. The molecule has 0 fully saturated rings. The monoisotopic (exact) mass is 551 g/mol. The number of nitrogens with zero attached hydrogens (tertiary/aromatic N) is 4. The SMILES string of the molecule is Cc1cccc(CSc2nnc(CNS(=O)(=O)c3ccc(C(C)(C)C)cc3)n2-c2ccc([N+](=O)[O-])cc2)c1. The van der Waals surface area contributed by atoms with Crippen molar-refractivity contribution in [1.29, 1.82) is 0 Å². The van der Waals surface area contributed by atoms with Crippen molar-refractivity contribution in [3.05, 3.63) is 105 Å². The summed E-state index contributed by atoms with van der Waals surface area (Å²) < 4.78 is 30.4. The van der Waals surface area contributed by atoms with Crippen LogP contribution < -0.4 is 4.72 Å². The number of non-ortho nitro benzene ring substituents is 1. The van der Waals surface area contributed by atoms with Gasteiger partial charge in [0.15, 0.2) is 11.0 Å². The molecule has 0 saturated carbocycles. The van der Waals surface area contributed by atoms with Crippen LogP contribution in [-0.4, -0.2) is 28.1 Å². The van der Waals surface area contributed by atoms with Crippen LogP contribution in [0.3, 0.4) is 0 Å². The number of thioether (sulfide) groups is 1. The highest BCUT2D eigenvalue weighted by Crippen LogP contribution is 2.27. The molecule has 1 aromatic heterocycles. The van der Waals surface area contributed by atoms with Crippen molar-refractivity contribution >= 4 is 27.5 Å². The first-order valence-electron chi connectivity index (χ1n) is 11.9. The van der Waals surface area contributed by atoms with E-state index in [1.807, 2.05) is 37.3 Å². The zero-order chi connectivity index (χ0) is 27.5. The maximum absolute atomic E-state index is 13.0. The molecule has 0 amide bonds. The number of sulfonamides is 1. The van der Waals surface area contributed by atoms with Crippen molar-refractivity contribution in [2.45, 2.75) is 55.5 Å². The second-order valence-electron chi connectivity index (χ2n) is 9.88. The Morgan fingerprint density at radius 3 is 2.29 bits per heavy atom. The van der Waals surface area contributed by atoms with Crippen LogP contribution >= 0.6 is 11.8 Å². The Hall–Kier alpha value is -3.54. The maximum Gasteiger partial charge on any atom is 0.269 e. The van der Waals surface area contributed by atoms with Crippen LogP contribution in [0.1, 0.15) is 43.3 Å². The molecule has 38 heavy (non-hydrogen) atoms. The van der Waals surface area contributed by atoms with Gasteiger partial charge in [-0.05, 0) is 47.7 Å². The number of nitrogens with one attached hydrogen (secondary N) is 1. The number of hydrogen-bond acceptors (Lipinski definition) is 7. The van der Waals surface area contributed by atoms with E-state index in [1.54, 1.807) is 28.8 Å². The summed E-state index contributed by atoms with van der Waals surface area (Å²) in [5.74, 6) is 0.985. The average molecular weight is 552 g/mol. The molecule has 0 atom stereocenters. The van der Waals surface area contributed by atoms with E-state index < -0.39 is 14.9 Å². The van der Waals surface area contributed by atoms with Crippen LogP contribution in [-0.2, 0) is 27.7 Å². The number of aromatic nitrogens is 3. The second kappa shape index (κ2) is 11.1. The summed E-state index contributed by atoms with van der Waals surface area (Å²) >= 11 is 1.45. The van der Waals surface area contributed by atoms with Crippen molar-refractivity contribution in [2.75, 3.05) is 0 Å². The molecule has 3 aromatic carbocycles. The molecule has 9 nitrogen and oxygen atoms in total. The van der Waals surface area contributed by atoms with E-state index in [4.69, 9.17) is 0 Å². The van der Waals surface area contributed by atoms with E-state index in [2.05, 4.69) is 41.8 Å². The summed E-state index contributed by atoms with van der Waals surface area (Å²) in [6.45, 7) is 8.10. The van der Waals surface area contributed by atoms with E-state index in [1.165, 1.54) is 23.9 Å². The predicted molar refractivity (Wildman–Crippen MR) is 148 cm³/mol. The van der Waals surface area contributed by atoms with Crippen molar-refractivity contribution in [2.24, 2.45) is 0 Å². The van der Waals surface area contributed by atoms with Crippen LogP contribution in [0.4, 0.5) is 5.69 Å². The Kier molecular flexibility index (Phi) is 8.00. The highest BCUT2D eigenvalue weighted by atomic mass is 32.2. The minimum absolute atomic E-state index is 0.0447. The molecular weight excluding hydrogens is 522 g/mol. The Balaban J connectivity index is 1.61. The first-order valence-corrected chi connectivity index (χ1v) is 14.4. The van der Waals surface area contributed by atoms with E-state index in [-0.39, 0.29) is 22.5 Å². The van der Waals surface area contributed by atoms with Gasteiger partial charge in [0.25, 0.3) is 5.69 Å². The lowest BCUT2D eigenvalue weighted by atomic mass is 9.87. The van der Waals surface area contributed by atoms with E-state index in [9.17, 15) is 18.5 Å². The fraction of sp³-hybridized carbons (Fsp3) is 0.259. The van der Waals surface area contributed by atoms with Gasteiger partial charge in [0.1, 0.15) is 0 Å². The van der Waals surface area contributed by atoms with Gasteiger partial charge < -0.3 is 0 Å². The Bertz CT molecular complexity index is 1540. The molecule has 198 valence electrons.